The van der Waals surface area contributed by atoms with Gasteiger partial charge >= 0.3 is 0 Å². The Hall–Kier alpha value is -2.03. The number of nitrogens with zero attached hydrogens (tertiary/aromatic N) is 2. The van der Waals surface area contributed by atoms with Crippen molar-refractivity contribution in [3.8, 4) is 0 Å². The molecule has 2 aliphatic rings. The molecule has 4 N–H and O–H groups in total. The Morgan fingerprint density at radius 3 is 2.42 bits per heavy atom. The van der Waals surface area contributed by atoms with Gasteiger partial charge in [0.1, 0.15) is 5.82 Å². The second kappa shape index (κ2) is 11.4. The van der Waals surface area contributed by atoms with E-state index in [0.717, 1.165) is 38.8 Å². The number of likely N-dealkylation sites (N-methyl/N-ethyl adjacent to an activating group) is 2. The molecule has 1 aromatic rings. The van der Waals surface area contributed by atoms with Crippen molar-refractivity contribution in [2.75, 3.05) is 45.6 Å². The molecule has 1 saturated heterocycles. The van der Waals surface area contributed by atoms with E-state index in [4.69, 9.17) is 5.73 Å². The lowest BCUT2D eigenvalue weighted by Gasteiger charge is -2.37. The van der Waals surface area contributed by atoms with Gasteiger partial charge in [-0.15, -0.1) is 0 Å². The van der Waals surface area contributed by atoms with Crippen molar-refractivity contribution in [3.63, 3.8) is 0 Å². The quantitative estimate of drug-likeness (QED) is 0.553. The molecule has 1 saturated carbocycles. The van der Waals surface area contributed by atoms with Crippen LogP contribution in [0.1, 0.15) is 51.0 Å². The Kier molecular flexibility index (Phi) is 8.84. The Labute approximate surface area is 197 Å². The molecular weight excluding hydrogens is 421 g/mol. The van der Waals surface area contributed by atoms with E-state index in [1.165, 1.54) is 12.5 Å². The molecule has 2 amide bonds. The zero-order valence-corrected chi connectivity index (χ0v) is 20.3. The molecule has 7 nitrogen and oxygen atoms in total. The number of piperazine rings is 1. The number of hydrogen-bond acceptors (Lipinski definition) is 5. The van der Waals surface area contributed by atoms with Gasteiger partial charge in [-0.3, -0.25) is 9.59 Å². The zero-order valence-electron chi connectivity index (χ0n) is 20.3. The maximum absolute atomic E-state index is 14.9. The van der Waals surface area contributed by atoms with Crippen LogP contribution in [0.2, 0.25) is 0 Å². The summed E-state index contributed by atoms with van der Waals surface area (Å²) in [5, 5.41) is 5.81. The first-order valence-electron chi connectivity index (χ1n) is 12.3. The van der Waals surface area contributed by atoms with Crippen LogP contribution in [-0.4, -0.2) is 73.5 Å². The number of halogens is 1. The molecule has 1 aromatic carbocycles. The summed E-state index contributed by atoms with van der Waals surface area (Å²) < 4.78 is 14.9. The summed E-state index contributed by atoms with van der Waals surface area (Å²) in [6.45, 7) is 5.03. The predicted molar refractivity (Wildman–Crippen MR) is 129 cm³/mol. The monoisotopic (exact) mass is 461 g/mol. The van der Waals surface area contributed by atoms with Crippen molar-refractivity contribution in [1.82, 2.24) is 15.1 Å². The van der Waals surface area contributed by atoms with E-state index in [1.54, 1.807) is 19.2 Å². The van der Waals surface area contributed by atoms with Crippen molar-refractivity contribution in [2.45, 2.75) is 63.5 Å². The van der Waals surface area contributed by atoms with Crippen LogP contribution in [0.15, 0.2) is 18.2 Å². The lowest BCUT2D eigenvalue weighted by atomic mass is 9.73. The van der Waals surface area contributed by atoms with Crippen LogP contribution in [0.25, 0.3) is 0 Å². The average molecular weight is 462 g/mol. The van der Waals surface area contributed by atoms with Gasteiger partial charge in [0.25, 0.3) is 0 Å². The van der Waals surface area contributed by atoms with Crippen molar-refractivity contribution in [2.24, 2.45) is 11.7 Å². The van der Waals surface area contributed by atoms with Crippen molar-refractivity contribution < 1.29 is 14.0 Å². The first-order chi connectivity index (χ1) is 15.8. The smallest absolute Gasteiger partial charge is 0.244 e. The third kappa shape index (κ3) is 6.11. The minimum Gasteiger partial charge on any atom is -0.339 e. The maximum Gasteiger partial charge on any atom is 0.244 e. The van der Waals surface area contributed by atoms with E-state index in [-0.39, 0.29) is 23.4 Å². The normalized spacial score (nSPS) is 20.8. The Morgan fingerprint density at radius 2 is 1.85 bits per heavy atom. The molecular formula is C25H40FN5O2. The van der Waals surface area contributed by atoms with Gasteiger partial charge in [-0.1, -0.05) is 32.3 Å². The van der Waals surface area contributed by atoms with E-state index >= 15 is 0 Å². The number of amides is 2. The molecule has 1 heterocycles. The van der Waals surface area contributed by atoms with Crippen LogP contribution in [0.4, 0.5) is 10.1 Å². The van der Waals surface area contributed by atoms with E-state index in [2.05, 4.69) is 15.5 Å². The van der Waals surface area contributed by atoms with Crippen molar-refractivity contribution >= 4 is 17.5 Å². The first kappa shape index (κ1) is 25.6. The van der Waals surface area contributed by atoms with E-state index in [0.29, 0.717) is 31.5 Å². The van der Waals surface area contributed by atoms with Crippen LogP contribution >= 0.6 is 0 Å². The van der Waals surface area contributed by atoms with E-state index in [9.17, 15) is 14.0 Å². The van der Waals surface area contributed by atoms with Crippen LogP contribution in [-0.2, 0) is 16.0 Å². The van der Waals surface area contributed by atoms with Gasteiger partial charge in [0, 0.05) is 26.2 Å². The second-order valence-corrected chi connectivity index (χ2v) is 9.67. The average Bonchev–Trinajstić information content (AvgIpc) is 2.84. The third-order valence-corrected chi connectivity index (χ3v) is 7.52. The highest BCUT2D eigenvalue weighted by Crippen LogP contribution is 2.34. The standard InChI is InChI=1S/C25H40FN5O2/c1-4-25(27,19-8-6-5-7-9-19)24(33)29-21-11-10-18(16-20(21)26)17-22(28-2)23(32)31-14-12-30(3)13-15-31/h10-11,16,19,22,28H,4-9,12-15,17,27H2,1-3H3,(H,29,33)/t22-,25-/m1/s1. The largest absolute Gasteiger partial charge is 0.339 e. The third-order valence-electron chi connectivity index (χ3n) is 7.52. The minimum atomic E-state index is -0.988. The number of rotatable bonds is 8. The Morgan fingerprint density at radius 1 is 1.18 bits per heavy atom. The van der Waals surface area contributed by atoms with Crippen LogP contribution in [0.5, 0.6) is 0 Å². The number of hydrogen-bond donors (Lipinski definition) is 3. The molecule has 1 aliphatic carbocycles. The molecule has 0 spiro atoms. The summed E-state index contributed by atoms with van der Waals surface area (Å²) in [7, 11) is 3.80. The molecule has 0 aromatic heterocycles. The Balaban J connectivity index is 1.65. The van der Waals surface area contributed by atoms with Crippen LogP contribution in [0.3, 0.4) is 0 Å². The number of anilines is 1. The summed E-state index contributed by atoms with van der Waals surface area (Å²) in [6.07, 6.45) is 6.11. The topological polar surface area (TPSA) is 90.7 Å². The highest BCUT2D eigenvalue weighted by molar-refractivity contribution is 5.98. The lowest BCUT2D eigenvalue weighted by molar-refractivity contribution is -0.134. The molecule has 0 radical (unpaired) electrons. The molecule has 33 heavy (non-hydrogen) atoms. The summed E-state index contributed by atoms with van der Waals surface area (Å²) in [6, 6.07) is 4.33. The number of carbonyl (C=O) groups excluding carboxylic acids is 2. The summed E-state index contributed by atoms with van der Waals surface area (Å²) in [4.78, 5) is 30.0. The number of benzene rings is 1. The Bertz CT molecular complexity index is 821. The first-order valence-corrected chi connectivity index (χ1v) is 12.3. The van der Waals surface area contributed by atoms with Gasteiger partial charge in [-0.2, -0.15) is 0 Å². The lowest BCUT2D eigenvalue weighted by Crippen LogP contribution is -2.56. The number of carbonyl (C=O) groups is 2. The highest BCUT2D eigenvalue weighted by Gasteiger charge is 2.41. The maximum atomic E-state index is 14.9. The van der Waals surface area contributed by atoms with Crippen LogP contribution < -0.4 is 16.4 Å². The van der Waals surface area contributed by atoms with Gasteiger partial charge in [0.2, 0.25) is 11.8 Å². The summed E-state index contributed by atoms with van der Waals surface area (Å²) in [5.41, 5.74) is 6.40. The SMILES string of the molecule is CC[C@](N)(C(=O)Nc1ccc(C[C@@H](NC)C(=O)N2CCN(C)CC2)cc1F)C1CCCCC1. The van der Waals surface area contributed by atoms with Crippen LogP contribution in [0, 0.1) is 11.7 Å². The zero-order chi connectivity index (χ0) is 24.0. The predicted octanol–water partition coefficient (Wildman–Crippen LogP) is 2.36. The van der Waals surface area contributed by atoms with E-state index < -0.39 is 17.4 Å². The molecule has 3 rings (SSSR count). The fraction of sp³-hybridized carbons (Fsp3) is 0.680. The molecule has 8 heteroatoms. The summed E-state index contributed by atoms with van der Waals surface area (Å²) in [5.74, 6) is -0.672. The van der Waals surface area contributed by atoms with Gasteiger partial charge in [0.05, 0.1) is 17.3 Å². The fourth-order valence-electron chi connectivity index (χ4n) is 5.07. The molecule has 184 valence electrons. The number of nitrogens with one attached hydrogen (secondary N) is 2. The summed E-state index contributed by atoms with van der Waals surface area (Å²) >= 11 is 0. The molecule has 2 fully saturated rings. The molecule has 0 bridgehead atoms. The second-order valence-electron chi connectivity index (χ2n) is 9.67. The van der Waals surface area contributed by atoms with E-state index in [1.807, 2.05) is 18.9 Å². The van der Waals surface area contributed by atoms with Gasteiger partial charge in [-0.05, 0) is 63.4 Å². The van der Waals surface area contributed by atoms with Gasteiger partial charge in [-0.25, -0.2) is 4.39 Å². The highest BCUT2D eigenvalue weighted by atomic mass is 19.1. The molecule has 1 aliphatic heterocycles. The fourth-order valence-corrected chi connectivity index (χ4v) is 5.07. The molecule has 2 atom stereocenters. The molecule has 0 unspecified atom stereocenters. The van der Waals surface area contributed by atoms with Crippen molar-refractivity contribution in [3.05, 3.63) is 29.6 Å². The van der Waals surface area contributed by atoms with Crippen molar-refractivity contribution in [1.29, 1.82) is 0 Å². The number of nitrogens with two attached hydrogens (primary N) is 1. The van der Waals surface area contributed by atoms with Gasteiger partial charge in [0.15, 0.2) is 0 Å². The van der Waals surface area contributed by atoms with Gasteiger partial charge < -0.3 is 26.2 Å². The minimum absolute atomic E-state index is 0.0340.